The molecule has 0 fully saturated rings. The highest BCUT2D eigenvalue weighted by molar-refractivity contribution is 5.79. The van der Waals surface area contributed by atoms with Gasteiger partial charge in [-0.25, -0.2) is 0 Å². The van der Waals surface area contributed by atoms with Crippen LogP contribution in [0, 0.1) is 12.3 Å². The van der Waals surface area contributed by atoms with Gasteiger partial charge in [0.15, 0.2) is 0 Å². The fraction of sp³-hybridized carbons (Fsp3) is 0.444. The Hall–Kier alpha value is -1.38. The predicted molar refractivity (Wildman–Crippen MR) is 83.7 cm³/mol. The van der Waals surface area contributed by atoms with E-state index in [0.717, 1.165) is 6.42 Å². The minimum absolute atomic E-state index is 0.0280. The molecule has 2 nitrogen and oxygen atoms in total. The van der Waals surface area contributed by atoms with Crippen molar-refractivity contribution in [3.05, 3.63) is 53.1 Å². The van der Waals surface area contributed by atoms with E-state index in [1.54, 1.807) is 14.2 Å². The minimum Gasteiger partial charge on any atom is -0.384 e. The third kappa shape index (κ3) is 3.02. The summed E-state index contributed by atoms with van der Waals surface area (Å²) in [4.78, 5) is 0. The summed E-state index contributed by atoms with van der Waals surface area (Å²) in [6.45, 7) is 5.76. The van der Waals surface area contributed by atoms with Crippen molar-refractivity contribution in [2.75, 3.05) is 27.4 Å². The average molecular weight is 272 g/mol. The van der Waals surface area contributed by atoms with Gasteiger partial charge in [0, 0.05) is 19.6 Å². The van der Waals surface area contributed by atoms with Crippen LogP contribution < -0.4 is 0 Å². The minimum atomic E-state index is -0.0280. The standard InChI is InChI=1S/C18H24O2/c1-14-7-5-6-8-16(14)17-9-10-18(12-19-3,13-20-4)11-15(17)2/h5-10H,11-13H2,1-4H3. The summed E-state index contributed by atoms with van der Waals surface area (Å²) in [7, 11) is 3.50. The molecule has 0 saturated heterocycles. The van der Waals surface area contributed by atoms with Crippen LogP contribution in [-0.4, -0.2) is 27.4 Å². The summed E-state index contributed by atoms with van der Waals surface area (Å²) in [6.07, 6.45) is 5.48. The molecule has 0 heterocycles. The van der Waals surface area contributed by atoms with Gasteiger partial charge >= 0.3 is 0 Å². The van der Waals surface area contributed by atoms with Crippen molar-refractivity contribution >= 4 is 5.57 Å². The highest BCUT2D eigenvalue weighted by Gasteiger charge is 2.31. The van der Waals surface area contributed by atoms with Gasteiger partial charge in [0.05, 0.1) is 13.2 Å². The van der Waals surface area contributed by atoms with Gasteiger partial charge in [-0.15, -0.1) is 0 Å². The topological polar surface area (TPSA) is 18.5 Å². The Morgan fingerprint density at radius 1 is 1.05 bits per heavy atom. The molecule has 0 saturated carbocycles. The van der Waals surface area contributed by atoms with Crippen LogP contribution in [0.25, 0.3) is 5.57 Å². The molecular formula is C18H24O2. The van der Waals surface area contributed by atoms with Gasteiger partial charge in [0.25, 0.3) is 0 Å². The maximum absolute atomic E-state index is 5.40. The first-order valence-corrected chi connectivity index (χ1v) is 7.05. The molecule has 0 spiro atoms. The molecule has 2 rings (SSSR count). The Kier molecular flexibility index (Phi) is 4.79. The van der Waals surface area contributed by atoms with Crippen LogP contribution in [0.4, 0.5) is 0 Å². The van der Waals surface area contributed by atoms with Crippen molar-refractivity contribution in [3.8, 4) is 0 Å². The van der Waals surface area contributed by atoms with Gasteiger partial charge in [-0.1, -0.05) is 42.0 Å². The van der Waals surface area contributed by atoms with E-state index >= 15 is 0 Å². The first-order valence-electron chi connectivity index (χ1n) is 7.05. The van der Waals surface area contributed by atoms with Crippen LogP contribution in [-0.2, 0) is 9.47 Å². The number of ether oxygens (including phenoxy) is 2. The Morgan fingerprint density at radius 3 is 2.25 bits per heavy atom. The molecule has 1 aromatic rings. The van der Waals surface area contributed by atoms with Crippen molar-refractivity contribution in [3.63, 3.8) is 0 Å². The average Bonchev–Trinajstić information content (AvgIpc) is 2.41. The number of hydrogen-bond acceptors (Lipinski definition) is 2. The van der Waals surface area contributed by atoms with Gasteiger partial charge in [-0.3, -0.25) is 0 Å². The number of benzene rings is 1. The van der Waals surface area contributed by atoms with E-state index in [4.69, 9.17) is 9.47 Å². The molecule has 0 radical (unpaired) electrons. The van der Waals surface area contributed by atoms with Gasteiger partial charge in [-0.2, -0.15) is 0 Å². The zero-order valence-electron chi connectivity index (χ0n) is 12.9. The second-order valence-corrected chi connectivity index (χ2v) is 5.75. The van der Waals surface area contributed by atoms with Crippen LogP contribution in [0.5, 0.6) is 0 Å². The highest BCUT2D eigenvalue weighted by Crippen LogP contribution is 2.38. The summed E-state index contributed by atoms with van der Waals surface area (Å²) < 4.78 is 10.8. The van der Waals surface area contributed by atoms with Crippen molar-refractivity contribution in [1.82, 2.24) is 0 Å². The second kappa shape index (κ2) is 6.38. The SMILES string of the molecule is COCC1(COC)C=CC(c2ccccc2C)=C(C)C1. The van der Waals surface area contributed by atoms with E-state index in [2.05, 4.69) is 50.3 Å². The molecule has 0 aromatic heterocycles. The molecule has 1 aliphatic carbocycles. The molecule has 20 heavy (non-hydrogen) atoms. The number of hydrogen-bond donors (Lipinski definition) is 0. The van der Waals surface area contributed by atoms with Crippen molar-refractivity contribution in [2.45, 2.75) is 20.3 Å². The third-order valence-electron chi connectivity index (χ3n) is 3.98. The normalized spacial score (nSPS) is 17.6. The molecule has 0 bridgehead atoms. The zero-order valence-corrected chi connectivity index (χ0v) is 12.9. The molecule has 2 heteroatoms. The summed E-state index contributed by atoms with van der Waals surface area (Å²) >= 11 is 0. The lowest BCUT2D eigenvalue weighted by Crippen LogP contribution is -2.31. The van der Waals surface area contributed by atoms with Crippen LogP contribution in [0.15, 0.2) is 42.0 Å². The number of rotatable bonds is 5. The molecule has 1 aliphatic rings. The van der Waals surface area contributed by atoms with E-state index < -0.39 is 0 Å². The summed E-state index contributed by atoms with van der Waals surface area (Å²) in [5, 5.41) is 0. The van der Waals surface area contributed by atoms with E-state index in [1.165, 1.54) is 22.3 Å². The third-order valence-corrected chi connectivity index (χ3v) is 3.98. The Balaban J connectivity index is 2.32. The second-order valence-electron chi connectivity index (χ2n) is 5.75. The Bertz CT molecular complexity index is 520. The molecule has 1 aromatic carbocycles. The monoisotopic (exact) mass is 272 g/mol. The number of methoxy groups -OCH3 is 2. The Labute approximate surface area is 122 Å². The highest BCUT2D eigenvalue weighted by atomic mass is 16.5. The molecule has 0 N–H and O–H groups in total. The molecule has 108 valence electrons. The summed E-state index contributed by atoms with van der Waals surface area (Å²) in [5.74, 6) is 0. The largest absolute Gasteiger partial charge is 0.384 e. The molecular weight excluding hydrogens is 248 g/mol. The van der Waals surface area contributed by atoms with Crippen LogP contribution in [0.3, 0.4) is 0 Å². The number of allylic oxidation sites excluding steroid dienone is 3. The smallest absolute Gasteiger partial charge is 0.0578 e. The zero-order chi connectivity index (χ0) is 14.6. The van der Waals surface area contributed by atoms with Crippen LogP contribution >= 0.6 is 0 Å². The summed E-state index contributed by atoms with van der Waals surface area (Å²) in [6, 6.07) is 8.54. The maximum Gasteiger partial charge on any atom is 0.0578 e. The van der Waals surface area contributed by atoms with E-state index in [0.29, 0.717) is 13.2 Å². The predicted octanol–water partition coefficient (Wildman–Crippen LogP) is 4.01. The number of aryl methyl sites for hydroxylation is 1. The first kappa shape index (κ1) is 15.0. The van der Waals surface area contributed by atoms with Gasteiger partial charge in [-0.05, 0) is 37.0 Å². The lowest BCUT2D eigenvalue weighted by atomic mass is 9.76. The van der Waals surface area contributed by atoms with Gasteiger partial charge in [0.1, 0.15) is 0 Å². The van der Waals surface area contributed by atoms with Gasteiger partial charge < -0.3 is 9.47 Å². The van der Waals surface area contributed by atoms with Crippen molar-refractivity contribution in [1.29, 1.82) is 0 Å². The van der Waals surface area contributed by atoms with Crippen LogP contribution in [0.2, 0.25) is 0 Å². The Morgan fingerprint density at radius 2 is 1.70 bits per heavy atom. The van der Waals surface area contributed by atoms with Crippen molar-refractivity contribution < 1.29 is 9.47 Å². The summed E-state index contributed by atoms with van der Waals surface area (Å²) in [5.41, 5.74) is 5.35. The molecule has 0 atom stereocenters. The molecule has 0 amide bonds. The van der Waals surface area contributed by atoms with E-state index in [1.807, 2.05) is 0 Å². The van der Waals surface area contributed by atoms with Gasteiger partial charge in [0.2, 0.25) is 0 Å². The lowest BCUT2D eigenvalue weighted by Gasteiger charge is -2.33. The van der Waals surface area contributed by atoms with Crippen LogP contribution in [0.1, 0.15) is 24.5 Å². The first-order chi connectivity index (χ1) is 9.62. The van der Waals surface area contributed by atoms with E-state index in [9.17, 15) is 0 Å². The fourth-order valence-corrected chi connectivity index (χ4v) is 3.09. The maximum atomic E-state index is 5.40. The fourth-order valence-electron chi connectivity index (χ4n) is 3.09. The molecule has 0 unspecified atom stereocenters. The lowest BCUT2D eigenvalue weighted by molar-refractivity contribution is 0.0403. The quantitative estimate of drug-likeness (QED) is 0.806. The van der Waals surface area contributed by atoms with Crippen molar-refractivity contribution in [2.24, 2.45) is 5.41 Å². The molecule has 0 aliphatic heterocycles. The van der Waals surface area contributed by atoms with E-state index in [-0.39, 0.29) is 5.41 Å².